The number of carbonyl (C=O) groups is 1. The first-order valence-corrected chi connectivity index (χ1v) is 12.5. The summed E-state index contributed by atoms with van der Waals surface area (Å²) in [7, 11) is 0. The number of carbonyl (C=O) groups excluding carboxylic acids is 1. The molecule has 2 N–H and O–H groups in total. The van der Waals surface area contributed by atoms with Crippen LogP contribution >= 0.6 is 0 Å². The van der Waals surface area contributed by atoms with Crippen LogP contribution in [-0.2, 0) is 6.42 Å². The fourth-order valence-electron chi connectivity index (χ4n) is 4.22. The SMILES string of the molecule is C=CC.CCCCCc1cc(O)c(C2C=C(C)CCC2)c(OCCC(=O)n2cc(F)c(=O)[nH]c2=O)c1. The Bertz CT molecular complexity index is 1200. The third-order valence-electron chi connectivity index (χ3n) is 5.93. The number of H-pyrrole nitrogens is 1. The van der Waals surface area contributed by atoms with E-state index in [1.165, 1.54) is 5.57 Å². The van der Waals surface area contributed by atoms with Gasteiger partial charge in [0.05, 0.1) is 19.2 Å². The highest BCUT2D eigenvalue weighted by atomic mass is 19.1. The number of aromatic nitrogens is 2. The van der Waals surface area contributed by atoms with E-state index in [-0.39, 0.29) is 24.7 Å². The molecule has 1 aromatic heterocycles. The second-order valence-corrected chi connectivity index (χ2v) is 9.00. The second-order valence-electron chi connectivity index (χ2n) is 9.00. The maximum Gasteiger partial charge on any atom is 0.335 e. The molecule has 0 amide bonds. The maximum absolute atomic E-state index is 13.5. The van der Waals surface area contributed by atoms with Crippen LogP contribution in [0.3, 0.4) is 0 Å². The normalized spacial score (nSPS) is 14.9. The first-order chi connectivity index (χ1) is 17.2. The third kappa shape index (κ3) is 8.07. The molecule has 1 unspecified atom stereocenters. The first-order valence-electron chi connectivity index (χ1n) is 12.5. The molecular formula is C28H37FN2O5. The molecule has 0 bridgehead atoms. The molecule has 1 aliphatic rings. The van der Waals surface area contributed by atoms with Crippen molar-refractivity contribution in [3.63, 3.8) is 0 Å². The highest BCUT2D eigenvalue weighted by Gasteiger charge is 2.23. The number of aromatic hydroxyl groups is 1. The van der Waals surface area contributed by atoms with Gasteiger partial charge in [-0.25, -0.2) is 9.36 Å². The van der Waals surface area contributed by atoms with Crippen LogP contribution < -0.4 is 16.0 Å². The molecule has 0 radical (unpaired) electrons. The molecule has 0 saturated carbocycles. The van der Waals surface area contributed by atoms with Gasteiger partial charge in [-0.05, 0) is 63.6 Å². The van der Waals surface area contributed by atoms with Gasteiger partial charge in [0.15, 0.2) is 0 Å². The van der Waals surface area contributed by atoms with Crippen molar-refractivity contribution in [2.24, 2.45) is 0 Å². The number of aryl methyl sites for hydroxylation is 1. The lowest BCUT2D eigenvalue weighted by Gasteiger charge is -2.24. The van der Waals surface area contributed by atoms with Crippen molar-refractivity contribution >= 4 is 5.91 Å². The van der Waals surface area contributed by atoms with Crippen LogP contribution in [0.1, 0.15) is 87.6 Å². The van der Waals surface area contributed by atoms with Gasteiger partial charge in [0.2, 0.25) is 11.7 Å². The number of nitrogens with zero attached hydrogens (tertiary/aromatic N) is 1. The standard InChI is InChI=1S/C25H31FN2O5.C3H6/c1-3-4-5-8-17-13-20(29)23(18-9-6-7-16(2)12-18)21(14-17)33-11-10-22(30)28-15-19(26)24(31)27-25(28)32;1-3-2/h12-15,18,29H,3-11H2,1-2H3,(H,27,31,32);3H,1H2,2H3. The monoisotopic (exact) mass is 500 g/mol. The van der Waals surface area contributed by atoms with Crippen molar-refractivity contribution in [1.82, 2.24) is 9.55 Å². The number of aromatic amines is 1. The topological polar surface area (TPSA) is 101 Å². The smallest absolute Gasteiger partial charge is 0.335 e. The number of hydrogen-bond donors (Lipinski definition) is 2. The number of phenols is 1. The number of rotatable bonds is 9. The summed E-state index contributed by atoms with van der Waals surface area (Å²) < 4.78 is 20.0. The molecule has 3 rings (SSSR count). The van der Waals surface area contributed by atoms with Crippen LogP contribution in [0, 0.1) is 5.82 Å². The highest BCUT2D eigenvalue weighted by molar-refractivity contribution is 5.78. The van der Waals surface area contributed by atoms with E-state index in [1.54, 1.807) is 17.1 Å². The Morgan fingerprint density at radius 1 is 1.33 bits per heavy atom. The third-order valence-corrected chi connectivity index (χ3v) is 5.93. The average Bonchev–Trinajstić information content (AvgIpc) is 2.82. The lowest BCUT2D eigenvalue weighted by atomic mass is 9.84. The fourth-order valence-corrected chi connectivity index (χ4v) is 4.22. The lowest BCUT2D eigenvalue weighted by molar-refractivity contribution is 0.0872. The van der Waals surface area contributed by atoms with Gasteiger partial charge in [-0.15, -0.1) is 6.58 Å². The fraction of sp³-hybridized carbons (Fsp3) is 0.464. The summed E-state index contributed by atoms with van der Waals surface area (Å²) in [5.41, 5.74) is 0.759. The van der Waals surface area contributed by atoms with E-state index in [2.05, 4.69) is 26.5 Å². The molecule has 0 fully saturated rings. The Hall–Kier alpha value is -3.42. The average molecular weight is 501 g/mol. The van der Waals surface area contributed by atoms with Gasteiger partial charge in [-0.1, -0.05) is 37.5 Å². The maximum atomic E-state index is 13.5. The Kier molecular flexibility index (Phi) is 11.4. The zero-order valence-electron chi connectivity index (χ0n) is 21.4. The van der Waals surface area contributed by atoms with Gasteiger partial charge < -0.3 is 9.84 Å². The van der Waals surface area contributed by atoms with Gasteiger partial charge in [-0.2, -0.15) is 4.39 Å². The van der Waals surface area contributed by atoms with Crippen LogP contribution in [0.4, 0.5) is 4.39 Å². The molecule has 1 aliphatic carbocycles. The summed E-state index contributed by atoms with van der Waals surface area (Å²) >= 11 is 0. The van der Waals surface area contributed by atoms with E-state index >= 15 is 0 Å². The summed E-state index contributed by atoms with van der Waals surface area (Å²) in [6.07, 6.45) is 11.2. The van der Waals surface area contributed by atoms with Crippen LogP contribution in [0.25, 0.3) is 0 Å². The Balaban J connectivity index is 0.00000145. The van der Waals surface area contributed by atoms with E-state index in [4.69, 9.17) is 4.74 Å². The van der Waals surface area contributed by atoms with E-state index in [9.17, 15) is 23.9 Å². The number of benzene rings is 1. The number of hydrogen-bond acceptors (Lipinski definition) is 5. The number of ether oxygens (including phenoxy) is 1. The molecule has 1 atom stereocenters. The molecule has 7 nitrogen and oxygen atoms in total. The Morgan fingerprint density at radius 2 is 2.06 bits per heavy atom. The molecule has 0 spiro atoms. The number of unbranched alkanes of at least 4 members (excludes halogenated alkanes) is 2. The van der Waals surface area contributed by atoms with Gasteiger partial charge in [0.1, 0.15) is 11.5 Å². The summed E-state index contributed by atoms with van der Waals surface area (Å²) in [5.74, 6) is -1.20. The lowest BCUT2D eigenvalue weighted by Crippen LogP contribution is -2.35. The van der Waals surface area contributed by atoms with Gasteiger partial charge in [-0.3, -0.25) is 14.6 Å². The molecule has 0 saturated heterocycles. The van der Waals surface area contributed by atoms with E-state index in [0.717, 1.165) is 50.5 Å². The Morgan fingerprint density at radius 3 is 2.72 bits per heavy atom. The van der Waals surface area contributed by atoms with Crippen molar-refractivity contribution < 1.29 is 19.0 Å². The van der Waals surface area contributed by atoms with Crippen LogP contribution in [-0.4, -0.2) is 27.2 Å². The molecule has 0 aliphatic heterocycles. The number of nitrogens with one attached hydrogen (secondary N) is 1. The van der Waals surface area contributed by atoms with Gasteiger partial charge in [0.25, 0.3) is 5.56 Å². The summed E-state index contributed by atoms with van der Waals surface area (Å²) in [5, 5.41) is 10.8. The van der Waals surface area contributed by atoms with E-state index in [0.29, 0.717) is 22.1 Å². The van der Waals surface area contributed by atoms with Crippen molar-refractivity contribution in [1.29, 1.82) is 0 Å². The number of allylic oxidation sites excluding steroid dienone is 3. The molecule has 8 heteroatoms. The summed E-state index contributed by atoms with van der Waals surface area (Å²) in [6.45, 7) is 9.39. The minimum Gasteiger partial charge on any atom is -0.507 e. The minimum atomic E-state index is -1.21. The van der Waals surface area contributed by atoms with E-state index in [1.807, 2.05) is 13.0 Å². The quantitative estimate of drug-likeness (QED) is 0.343. The first kappa shape index (κ1) is 28.8. The van der Waals surface area contributed by atoms with Crippen LogP contribution in [0.15, 0.2) is 52.2 Å². The molecule has 196 valence electrons. The second kappa shape index (κ2) is 14.2. The largest absolute Gasteiger partial charge is 0.507 e. The summed E-state index contributed by atoms with van der Waals surface area (Å²) in [6, 6.07) is 3.71. The van der Waals surface area contributed by atoms with Crippen molar-refractivity contribution in [3.05, 3.63) is 80.4 Å². The van der Waals surface area contributed by atoms with Crippen molar-refractivity contribution in [2.45, 2.75) is 78.1 Å². The van der Waals surface area contributed by atoms with Crippen molar-refractivity contribution in [2.75, 3.05) is 6.61 Å². The summed E-state index contributed by atoms with van der Waals surface area (Å²) in [4.78, 5) is 37.1. The number of halogens is 1. The van der Waals surface area contributed by atoms with Crippen molar-refractivity contribution in [3.8, 4) is 11.5 Å². The Labute approximate surface area is 211 Å². The molecule has 1 aromatic carbocycles. The van der Waals surface area contributed by atoms with Crippen LogP contribution in [0.5, 0.6) is 11.5 Å². The molecule has 36 heavy (non-hydrogen) atoms. The zero-order chi connectivity index (χ0) is 26.7. The van der Waals surface area contributed by atoms with E-state index < -0.39 is 23.0 Å². The molecule has 2 aromatic rings. The molecular weight excluding hydrogens is 463 g/mol. The highest BCUT2D eigenvalue weighted by Crippen LogP contribution is 2.42. The molecule has 1 heterocycles. The van der Waals surface area contributed by atoms with Crippen LogP contribution in [0.2, 0.25) is 0 Å². The minimum absolute atomic E-state index is 0.0186. The zero-order valence-corrected chi connectivity index (χ0v) is 21.4. The predicted octanol–water partition coefficient (Wildman–Crippen LogP) is 5.63. The predicted molar refractivity (Wildman–Crippen MR) is 140 cm³/mol. The number of phenolic OH excluding ortho intramolecular Hbond substituents is 1. The van der Waals surface area contributed by atoms with Gasteiger partial charge in [0, 0.05) is 11.5 Å². The van der Waals surface area contributed by atoms with Gasteiger partial charge >= 0.3 is 5.69 Å².